The van der Waals surface area contributed by atoms with Crippen LogP contribution in [0.3, 0.4) is 0 Å². The molecule has 110 valence electrons. The standard InChI is InChI=1S/C15H22N2O3/c1-15(2,13(18)20-3)17-14(19)16-11-7-10-12-8-5-4-6-9-12/h4-6,8-9H,7,10-11H2,1-3H3,(H2,16,17,19). The number of aryl methyl sites for hydroxylation is 1. The molecule has 5 heteroatoms. The van der Waals surface area contributed by atoms with Crippen LogP contribution in [-0.2, 0) is 16.0 Å². The van der Waals surface area contributed by atoms with Crippen molar-refractivity contribution in [3.63, 3.8) is 0 Å². The molecular weight excluding hydrogens is 256 g/mol. The van der Waals surface area contributed by atoms with Gasteiger partial charge >= 0.3 is 12.0 Å². The highest BCUT2D eigenvalue weighted by Gasteiger charge is 2.30. The molecule has 0 bridgehead atoms. The quantitative estimate of drug-likeness (QED) is 0.616. The summed E-state index contributed by atoms with van der Waals surface area (Å²) in [6.45, 7) is 3.75. The van der Waals surface area contributed by atoms with Gasteiger partial charge in [0.15, 0.2) is 0 Å². The summed E-state index contributed by atoms with van der Waals surface area (Å²) in [6.07, 6.45) is 1.75. The van der Waals surface area contributed by atoms with Crippen molar-refractivity contribution in [3.8, 4) is 0 Å². The second-order valence-corrected chi connectivity index (χ2v) is 5.09. The van der Waals surface area contributed by atoms with Crippen molar-refractivity contribution in [1.82, 2.24) is 10.6 Å². The Balaban J connectivity index is 2.25. The van der Waals surface area contributed by atoms with Gasteiger partial charge in [0.2, 0.25) is 0 Å². The third kappa shape index (κ3) is 5.30. The van der Waals surface area contributed by atoms with Crippen LogP contribution in [0.2, 0.25) is 0 Å². The molecule has 2 N–H and O–H groups in total. The largest absolute Gasteiger partial charge is 0.467 e. The molecule has 0 fully saturated rings. The first-order valence-corrected chi connectivity index (χ1v) is 6.64. The first kappa shape index (κ1) is 16.0. The maximum absolute atomic E-state index is 11.7. The number of esters is 1. The van der Waals surface area contributed by atoms with E-state index in [9.17, 15) is 9.59 Å². The fourth-order valence-electron chi connectivity index (χ4n) is 1.77. The maximum Gasteiger partial charge on any atom is 0.331 e. The van der Waals surface area contributed by atoms with Crippen molar-refractivity contribution in [3.05, 3.63) is 35.9 Å². The third-order valence-electron chi connectivity index (χ3n) is 2.89. The third-order valence-corrected chi connectivity index (χ3v) is 2.89. The predicted octanol–water partition coefficient (Wildman–Crippen LogP) is 1.87. The van der Waals surface area contributed by atoms with Gasteiger partial charge in [-0.15, -0.1) is 0 Å². The fourth-order valence-corrected chi connectivity index (χ4v) is 1.77. The summed E-state index contributed by atoms with van der Waals surface area (Å²) in [5.41, 5.74) is 0.211. The molecule has 0 aliphatic carbocycles. The average molecular weight is 278 g/mol. The molecule has 1 rings (SSSR count). The summed E-state index contributed by atoms with van der Waals surface area (Å²) >= 11 is 0. The summed E-state index contributed by atoms with van der Waals surface area (Å²) in [7, 11) is 1.30. The van der Waals surface area contributed by atoms with E-state index < -0.39 is 11.5 Å². The first-order valence-electron chi connectivity index (χ1n) is 6.64. The van der Waals surface area contributed by atoms with Crippen LogP contribution in [-0.4, -0.2) is 31.2 Å². The highest BCUT2D eigenvalue weighted by atomic mass is 16.5. The van der Waals surface area contributed by atoms with Crippen molar-refractivity contribution in [2.45, 2.75) is 32.2 Å². The average Bonchev–Trinajstić information content (AvgIpc) is 2.43. The van der Waals surface area contributed by atoms with Gasteiger partial charge in [0.1, 0.15) is 5.54 Å². The van der Waals surface area contributed by atoms with Gasteiger partial charge in [-0.25, -0.2) is 9.59 Å². The van der Waals surface area contributed by atoms with Crippen LogP contribution in [0.5, 0.6) is 0 Å². The van der Waals surface area contributed by atoms with Gasteiger partial charge < -0.3 is 15.4 Å². The van der Waals surface area contributed by atoms with Crippen LogP contribution in [0.25, 0.3) is 0 Å². The van der Waals surface area contributed by atoms with E-state index in [1.54, 1.807) is 13.8 Å². The van der Waals surface area contributed by atoms with Crippen molar-refractivity contribution in [2.75, 3.05) is 13.7 Å². The molecule has 1 aromatic rings. The van der Waals surface area contributed by atoms with E-state index in [1.807, 2.05) is 18.2 Å². The van der Waals surface area contributed by atoms with E-state index in [2.05, 4.69) is 27.5 Å². The molecule has 0 aliphatic rings. The Morgan fingerprint density at radius 1 is 1.20 bits per heavy atom. The number of hydrogen-bond donors (Lipinski definition) is 2. The Morgan fingerprint density at radius 2 is 1.85 bits per heavy atom. The second-order valence-electron chi connectivity index (χ2n) is 5.09. The molecular formula is C15H22N2O3. The van der Waals surface area contributed by atoms with Crippen LogP contribution in [0, 0.1) is 0 Å². The van der Waals surface area contributed by atoms with Crippen LogP contribution in [0.15, 0.2) is 30.3 Å². The topological polar surface area (TPSA) is 67.4 Å². The molecule has 20 heavy (non-hydrogen) atoms. The molecule has 0 aromatic heterocycles. The van der Waals surface area contributed by atoms with Gasteiger partial charge in [0.25, 0.3) is 0 Å². The fraction of sp³-hybridized carbons (Fsp3) is 0.467. The zero-order chi connectivity index (χ0) is 15.0. The minimum absolute atomic E-state index is 0.367. The van der Waals surface area contributed by atoms with Gasteiger partial charge in [-0.1, -0.05) is 30.3 Å². The zero-order valence-corrected chi connectivity index (χ0v) is 12.2. The Hall–Kier alpha value is -2.04. The Morgan fingerprint density at radius 3 is 2.45 bits per heavy atom. The van der Waals surface area contributed by atoms with E-state index in [4.69, 9.17) is 0 Å². The lowest BCUT2D eigenvalue weighted by molar-refractivity contribution is -0.146. The van der Waals surface area contributed by atoms with Gasteiger partial charge in [0.05, 0.1) is 7.11 Å². The second kappa shape index (κ2) is 7.53. The monoisotopic (exact) mass is 278 g/mol. The molecule has 0 saturated heterocycles. The van der Waals surface area contributed by atoms with Gasteiger partial charge in [0, 0.05) is 6.54 Å². The van der Waals surface area contributed by atoms with Gasteiger partial charge in [-0.05, 0) is 32.3 Å². The Labute approximate surface area is 119 Å². The van der Waals surface area contributed by atoms with Crippen molar-refractivity contribution < 1.29 is 14.3 Å². The summed E-state index contributed by atoms with van der Waals surface area (Å²) in [4.78, 5) is 23.1. The summed E-state index contributed by atoms with van der Waals surface area (Å²) in [6, 6.07) is 9.71. The van der Waals surface area contributed by atoms with Crippen molar-refractivity contribution >= 4 is 12.0 Å². The molecule has 0 aliphatic heterocycles. The number of carbonyl (C=O) groups excluding carboxylic acids is 2. The van der Waals surface area contributed by atoms with E-state index in [0.29, 0.717) is 6.54 Å². The van der Waals surface area contributed by atoms with Crippen LogP contribution in [0.4, 0.5) is 4.79 Å². The zero-order valence-electron chi connectivity index (χ0n) is 12.2. The number of ether oxygens (including phenoxy) is 1. The number of benzene rings is 1. The number of urea groups is 1. The smallest absolute Gasteiger partial charge is 0.331 e. The molecule has 5 nitrogen and oxygen atoms in total. The molecule has 0 unspecified atom stereocenters. The number of carbonyl (C=O) groups is 2. The highest BCUT2D eigenvalue weighted by Crippen LogP contribution is 2.04. The Kier molecular flexibility index (Phi) is 6.03. The number of amides is 2. The van der Waals surface area contributed by atoms with E-state index >= 15 is 0 Å². The van der Waals surface area contributed by atoms with Crippen LogP contribution in [0.1, 0.15) is 25.8 Å². The summed E-state index contributed by atoms with van der Waals surface area (Å²) < 4.78 is 4.62. The van der Waals surface area contributed by atoms with Crippen LogP contribution >= 0.6 is 0 Å². The normalized spacial score (nSPS) is 10.8. The minimum Gasteiger partial charge on any atom is -0.467 e. The SMILES string of the molecule is COC(=O)C(C)(C)NC(=O)NCCCc1ccccc1. The molecule has 2 amide bonds. The van der Waals surface area contributed by atoms with Crippen LogP contribution < -0.4 is 10.6 Å². The summed E-state index contributed by atoms with van der Waals surface area (Å²) in [5, 5.41) is 5.31. The summed E-state index contributed by atoms with van der Waals surface area (Å²) in [5.74, 6) is -0.475. The lowest BCUT2D eigenvalue weighted by atomic mass is 10.1. The highest BCUT2D eigenvalue weighted by molar-refractivity contribution is 5.86. The molecule has 1 aromatic carbocycles. The molecule has 0 heterocycles. The Bertz CT molecular complexity index is 444. The maximum atomic E-state index is 11.7. The van der Waals surface area contributed by atoms with Gasteiger partial charge in [-0.2, -0.15) is 0 Å². The first-order chi connectivity index (χ1) is 9.45. The van der Waals surface area contributed by atoms with E-state index in [-0.39, 0.29) is 6.03 Å². The van der Waals surface area contributed by atoms with E-state index in [0.717, 1.165) is 12.8 Å². The number of methoxy groups -OCH3 is 1. The minimum atomic E-state index is -1.03. The molecule has 0 saturated carbocycles. The molecule has 0 radical (unpaired) electrons. The van der Waals surface area contributed by atoms with E-state index in [1.165, 1.54) is 12.7 Å². The van der Waals surface area contributed by atoms with Crippen molar-refractivity contribution in [1.29, 1.82) is 0 Å². The lowest BCUT2D eigenvalue weighted by Crippen LogP contribution is -2.53. The number of rotatable bonds is 6. The lowest BCUT2D eigenvalue weighted by Gasteiger charge is -2.23. The predicted molar refractivity (Wildman–Crippen MR) is 77.4 cm³/mol. The molecule has 0 spiro atoms. The van der Waals surface area contributed by atoms with Crippen molar-refractivity contribution in [2.24, 2.45) is 0 Å². The number of hydrogen-bond acceptors (Lipinski definition) is 3. The number of nitrogens with one attached hydrogen (secondary N) is 2. The molecule has 0 atom stereocenters. The van der Waals surface area contributed by atoms with Gasteiger partial charge in [-0.3, -0.25) is 0 Å².